The lowest BCUT2D eigenvalue weighted by molar-refractivity contribution is -0.123. The second-order valence-corrected chi connectivity index (χ2v) is 9.27. The third-order valence-corrected chi connectivity index (χ3v) is 7.77. The number of halogens is 1. The molecule has 4 rings (SSSR count). The Balaban J connectivity index is 1.55. The monoisotopic (exact) mass is 421 g/mol. The molecule has 7 nitrogen and oxygen atoms in total. The molecule has 0 aliphatic heterocycles. The highest BCUT2D eigenvalue weighted by molar-refractivity contribution is 9.10. The largest absolute Gasteiger partial charge is 0.351 e. The zero-order valence-electron chi connectivity index (χ0n) is 15.5. The average Bonchev–Trinajstić information content (AvgIpc) is 3.04. The highest BCUT2D eigenvalue weighted by Gasteiger charge is 2.61. The lowest BCUT2D eigenvalue weighted by Gasteiger charge is -2.39. The number of hydrogen-bond acceptors (Lipinski definition) is 4. The molecule has 0 radical (unpaired) electrons. The lowest BCUT2D eigenvalue weighted by atomic mass is 9.69. The Kier molecular flexibility index (Phi) is 3.84. The highest BCUT2D eigenvalue weighted by atomic mass is 79.9. The first-order chi connectivity index (χ1) is 12.1. The third-order valence-electron chi connectivity index (χ3n) is 7.21. The molecule has 2 heterocycles. The van der Waals surface area contributed by atoms with E-state index < -0.39 is 0 Å². The number of carbonyl (C=O) groups is 1. The lowest BCUT2D eigenvalue weighted by Crippen LogP contribution is -2.48. The van der Waals surface area contributed by atoms with E-state index in [9.17, 15) is 9.59 Å². The van der Waals surface area contributed by atoms with Crippen molar-refractivity contribution in [2.75, 3.05) is 0 Å². The van der Waals surface area contributed by atoms with E-state index in [1.165, 1.54) is 17.3 Å². The molecule has 2 bridgehead atoms. The van der Waals surface area contributed by atoms with Crippen LogP contribution in [0.25, 0.3) is 11.0 Å². The second-order valence-electron chi connectivity index (χ2n) is 8.52. The SMILES string of the molecule is Cn1nc(Br)c2c(=O)n(CC(=O)NC3CC4CCC3(C)C4(C)C)cnc21. The first-order valence-corrected chi connectivity index (χ1v) is 9.81. The van der Waals surface area contributed by atoms with Crippen LogP contribution >= 0.6 is 15.9 Å². The number of nitrogens with zero attached hydrogens (tertiary/aromatic N) is 4. The Morgan fingerprint density at radius 1 is 1.42 bits per heavy atom. The Hall–Kier alpha value is -1.70. The maximum absolute atomic E-state index is 12.7. The Labute approximate surface area is 160 Å². The first kappa shape index (κ1) is 17.7. The van der Waals surface area contributed by atoms with Gasteiger partial charge in [0.05, 0.1) is 0 Å². The van der Waals surface area contributed by atoms with Crippen LogP contribution in [0.3, 0.4) is 0 Å². The van der Waals surface area contributed by atoms with Gasteiger partial charge >= 0.3 is 0 Å². The van der Waals surface area contributed by atoms with Crippen molar-refractivity contribution in [1.82, 2.24) is 24.6 Å². The number of rotatable bonds is 3. The van der Waals surface area contributed by atoms with Crippen LogP contribution in [-0.2, 0) is 18.4 Å². The van der Waals surface area contributed by atoms with Crippen molar-refractivity contribution in [2.45, 2.75) is 52.6 Å². The van der Waals surface area contributed by atoms with Gasteiger partial charge in [-0.2, -0.15) is 5.10 Å². The standard InChI is InChI=1S/C18H24BrN5O2/c1-17(2)10-5-6-18(17,3)11(7-10)21-12(25)8-24-9-20-15-13(16(24)26)14(19)22-23(15)4/h9-11H,5-8H2,1-4H3,(H,21,25). The number of carbonyl (C=O) groups excluding carboxylic acids is 1. The molecule has 1 N–H and O–H groups in total. The van der Waals surface area contributed by atoms with E-state index >= 15 is 0 Å². The number of hydrogen-bond donors (Lipinski definition) is 1. The van der Waals surface area contributed by atoms with Crippen LogP contribution in [0.4, 0.5) is 0 Å². The summed E-state index contributed by atoms with van der Waals surface area (Å²) < 4.78 is 3.35. The van der Waals surface area contributed by atoms with E-state index in [1.54, 1.807) is 11.7 Å². The second kappa shape index (κ2) is 5.65. The summed E-state index contributed by atoms with van der Waals surface area (Å²) in [6, 6.07) is 0.168. The molecule has 3 atom stereocenters. The fraction of sp³-hybridized carbons (Fsp3) is 0.667. The van der Waals surface area contributed by atoms with Crippen LogP contribution in [-0.4, -0.2) is 31.3 Å². The summed E-state index contributed by atoms with van der Waals surface area (Å²) in [5, 5.41) is 7.75. The number of aryl methyl sites for hydroxylation is 1. The van der Waals surface area contributed by atoms with Crippen LogP contribution in [0, 0.1) is 16.7 Å². The van der Waals surface area contributed by atoms with Crippen molar-refractivity contribution >= 4 is 32.9 Å². The van der Waals surface area contributed by atoms with Crippen LogP contribution in [0.5, 0.6) is 0 Å². The maximum atomic E-state index is 12.7. The third kappa shape index (κ3) is 2.30. The van der Waals surface area contributed by atoms with Gasteiger partial charge in [0.25, 0.3) is 5.56 Å². The van der Waals surface area contributed by atoms with E-state index in [0.717, 1.165) is 12.8 Å². The summed E-state index contributed by atoms with van der Waals surface area (Å²) in [5.41, 5.74) is 0.598. The van der Waals surface area contributed by atoms with Crippen molar-refractivity contribution in [3.63, 3.8) is 0 Å². The molecular weight excluding hydrogens is 398 g/mol. The average molecular weight is 422 g/mol. The van der Waals surface area contributed by atoms with Crippen molar-refractivity contribution < 1.29 is 4.79 Å². The van der Waals surface area contributed by atoms with Crippen molar-refractivity contribution in [3.8, 4) is 0 Å². The summed E-state index contributed by atoms with van der Waals surface area (Å²) in [6.45, 7) is 6.90. The first-order valence-electron chi connectivity index (χ1n) is 9.02. The minimum Gasteiger partial charge on any atom is -0.351 e. The Morgan fingerprint density at radius 3 is 2.77 bits per heavy atom. The van der Waals surface area contributed by atoms with Gasteiger partial charge in [-0.05, 0) is 51.9 Å². The molecule has 0 saturated heterocycles. The van der Waals surface area contributed by atoms with Gasteiger partial charge in [0.15, 0.2) is 5.65 Å². The van der Waals surface area contributed by atoms with Crippen molar-refractivity contribution in [3.05, 3.63) is 21.3 Å². The molecule has 0 aromatic carbocycles. The molecule has 2 fully saturated rings. The normalized spacial score (nSPS) is 29.4. The fourth-order valence-corrected chi connectivity index (χ4v) is 5.65. The van der Waals surface area contributed by atoms with Gasteiger partial charge in [-0.3, -0.25) is 14.2 Å². The summed E-state index contributed by atoms with van der Waals surface area (Å²) >= 11 is 3.30. The molecule has 2 aromatic rings. The van der Waals surface area contributed by atoms with Gasteiger partial charge in [-0.15, -0.1) is 0 Å². The van der Waals surface area contributed by atoms with E-state index in [2.05, 4.69) is 52.1 Å². The predicted molar refractivity (Wildman–Crippen MR) is 102 cm³/mol. The van der Waals surface area contributed by atoms with Crippen LogP contribution in [0.15, 0.2) is 15.7 Å². The van der Waals surface area contributed by atoms with Gasteiger partial charge in [0.1, 0.15) is 22.9 Å². The number of nitrogens with one attached hydrogen (secondary N) is 1. The number of fused-ring (bicyclic) bond motifs is 3. The van der Waals surface area contributed by atoms with E-state index in [0.29, 0.717) is 21.6 Å². The Bertz CT molecular complexity index is 962. The fourth-order valence-electron chi connectivity index (χ4n) is 5.06. The van der Waals surface area contributed by atoms with Crippen LogP contribution in [0.2, 0.25) is 0 Å². The van der Waals surface area contributed by atoms with E-state index in [4.69, 9.17) is 0 Å². The molecule has 1 amide bonds. The number of amides is 1. The minimum absolute atomic E-state index is 0.0270. The van der Waals surface area contributed by atoms with Gasteiger partial charge in [-0.1, -0.05) is 20.8 Å². The van der Waals surface area contributed by atoms with E-state index in [-0.39, 0.29) is 34.9 Å². The summed E-state index contributed by atoms with van der Waals surface area (Å²) in [4.78, 5) is 29.6. The van der Waals surface area contributed by atoms with Gasteiger partial charge in [-0.25, -0.2) is 9.67 Å². The molecule has 8 heteroatoms. The Morgan fingerprint density at radius 2 is 2.15 bits per heavy atom. The van der Waals surface area contributed by atoms with Gasteiger partial charge in [0.2, 0.25) is 5.91 Å². The molecule has 0 spiro atoms. The summed E-state index contributed by atoms with van der Waals surface area (Å²) in [6.07, 6.45) is 4.83. The van der Waals surface area contributed by atoms with Gasteiger partial charge < -0.3 is 5.32 Å². The van der Waals surface area contributed by atoms with Crippen LogP contribution in [0.1, 0.15) is 40.0 Å². The topological polar surface area (TPSA) is 81.8 Å². The van der Waals surface area contributed by atoms with Crippen molar-refractivity contribution in [1.29, 1.82) is 0 Å². The predicted octanol–water partition coefficient (Wildman–Crippen LogP) is 2.22. The molecule has 2 aliphatic rings. The van der Waals surface area contributed by atoms with Gasteiger partial charge in [0, 0.05) is 13.1 Å². The quantitative estimate of drug-likeness (QED) is 0.823. The molecular formula is C18H24BrN5O2. The maximum Gasteiger partial charge on any atom is 0.266 e. The molecule has 2 aliphatic carbocycles. The molecule has 26 heavy (non-hydrogen) atoms. The molecule has 2 saturated carbocycles. The molecule has 3 unspecified atom stereocenters. The minimum atomic E-state index is -0.260. The number of aromatic nitrogens is 4. The summed E-state index contributed by atoms with van der Waals surface area (Å²) in [7, 11) is 1.73. The zero-order valence-corrected chi connectivity index (χ0v) is 17.1. The summed E-state index contributed by atoms with van der Waals surface area (Å²) in [5.74, 6) is 0.521. The van der Waals surface area contributed by atoms with Crippen LogP contribution < -0.4 is 10.9 Å². The molecule has 140 valence electrons. The zero-order chi connectivity index (χ0) is 18.9. The molecule has 2 aromatic heterocycles. The van der Waals surface area contributed by atoms with E-state index in [1.807, 2.05) is 0 Å². The van der Waals surface area contributed by atoms with Crippen molar-refractivity contribution in [2.24, 2.45) is 23.8 Å². The smallest absolute Gasteiger partial charge is 0.266 e. The highest BCUT2D eigenvalue weighted by Crippen LogP contribution is 2.65.